The Bertz CT molecular complexity index is 585. The standard InChI is InChI=1S/C30H53FO3/c1-8-9-10-11-12-15-18-28(19-16-13-14-17-27-20-22-29(31)23-21-27)30(32-24(2)3,33-25(4)5)34-26(6)7/h20-26,28H,8-19H2,1-7H3. The van der Waals surface area contributed by atoms with Gasteiger partial charge in [-0.1, -0.05) is 70.4 Å². The van der Waals surface area contributed by atoms with Crippen LogP contribution >= 0.6 is 0 Å². The monoisotopic (exact) mass is 480 g/mol. The van der Waals surface area contributed by atoms with Crippen molar-refractivity contribution in [1.29, 1.82) is 0 Å². The van der Waals surface area contributed by atoms with Crippen molar-refractivity contribution in [3.05, 3.63) is 35.6 Å². The third-order valence-corrected chi connectivity index (χ3v) is 6.04. The van der Waals surface area contributed by atoms with Crippen LogP contribution in [-0.4, -0.2) is 24.3 Å². The average Bonchev–Trinajstić information content (AvgIpc) is 2.74. The highest BCUT2D eigenvalue weighted by Gasteiger charge is 2.44. The first-order valence-corrected chi connectivity index (χ1v) is 14.0. The molecular weight excluding hydrogens is 427 g/mol. The van der Waals surface area contributed by atoms with Crippen LogP contribution in [0.3, 0.4) is 0 Å². The van der Waals surface area contributed by atoms with Gasteiger partial charge < -0.3 is 14.2 Å². The molecule has 0 N–H and O–H groups in total. The number of aryl methyl sites for hydroxylation is 1. The Balaban J connectivity index is 2.82. The van der Waals surface area contributed by atoms with E-state index >= 15 is 0 Å². The largest absolute Gasteiger partial charge is 0.324 e. The first-order valence-electron chi connectivity index (χ1n) is 14.0. The molecule has 4 heteroatoms. The SMILES string of the molecule is CCCCCCCCC(CCCCCc1ccc(F)cc1)C(OC(C)C)(OC(C)C)OC(C)C. The zero-order valence-corrected chi connectivity index (χ0v) is 23.2. The average molecular weight is 481 g/mol. The van der Waals surface area contributed by atoms with E-state index in [1.165, 1.54) is 44.1 Å². The molecule has 0 aliphatic carbocycles. The van der Waals surface area contributed by atoms with Crippen molar-refractivity contribution in [2.24, 2.45) is 5.92 Å². The van der Waals surface area contributed by atoms with E-state index in [9.17, 15) is 4.39 Å². The molecule has 0 spiro atoms. The van der Waals surface area contributed by atoms with E-state index in [-0.39, 0.29) is 30.0 Å². The van der Waals surface area contributed by atoms with Crippen molar-refractivity contribution >= 4 is 0 Å². The summed E-state index contributed by atoms with van der Waals surface area (Å²) in [6, 6.07) is 6.89. The van der Waals surface area contributed by atoms with Crippen LogP contribution in [-0.2, 0) is 20.6 Å². The molecule has 0 saturated carbocycles. The lowest BCUT2D eigenvalue weighted by molar-refractivity contribution is -0.433. The van der Waals surface area contributed by atoms with Gasteiger partial charge in [0.05, 0.1) is 18.3 Å². The van der Waals surface area contributed by atoms with E-state index in [4.69, 9.17) is 14.2 Å². The van der Waals surface area contributed by atoms with Gasteiger partial charge in [0.1, 0.15) is 5.82 Å². The van der Waals surface area contributed by atoms with E-state index < -0.39 is 5.97 Å². The summed E-state index contributed by atoms with van der Waals surface area (Å²) in [6.07, 6.45) is 14.1. The Morgan fingerprint density at radius 1 is 0.647 bits per heavy atom. The molecule has 198 valence electrons. The Morgan fingerprint density at radius 2 is 1.09 bits per heavy atom. The molecule has 0 aliphatic rings. The maximum absolute atomic E-state index is 13.2. The van der Waals surface area contributed by atoms with E-state index in [2.05, 4.69) is 48.5 Å². The Kier molecular flexibility index (Phi) is 15.9. The molecule has 1 unspecified atom stereocenters. The third-order valence-electron chi connectivity index (χ3n) is 6.04. The predicted molar refractivity (Wildman–Crippen MR) is 141 cm³/mol. The maximum Gasteiger partial charge on any atom is 0.286 e. The normalized spacial score (nSPS) is 13.4. The third kappa shape index (κ3) is 13.2. The van der Waals surface area contributed by atoms with Gasteiger partial charge in [0, 0.05) is 5.92 Å². The van der Waals surface area contributed by atoms with E-state index in [1.807, 2.05) is 12.1 Å². The zero-order valence-electron chi connectivity index (χ0n) is 23.2. The zero-order chi connectivity index (χ0) is 25.4. The summed E-state index contributed by atoms with van der Waals surface area (Å²) < 4.78 is 32.6. The summed E-state index contributed by atoms with van der Waals surface area (Å²) in [4.78, 5) is 0. The van der Waals surface area contributed by atoms with Gasteiger partial charge >= 0.3 is 0 Å². The molecular formula is C30H53FO3. The molecule has 3 nitrogen and oxygen atoms in total. The summed E-state index contributed by atoms with van der Waals surface area (Å²) in [5.41, 5.74) is 1.20. The second kappa shape index (κ2) is 17.5. The molecule has 0 radical (unpaired) electrons. The van der Waals surface area contributed by atoms with Gasteiger partial charge in [-0.05, 0) is 84.9 Å². The fourth-order valence-corrected chi connectivity index (χ4v) is 4.57. The maximum atomic E-state index is 13.2. The van der Waals surface area contributed by atoms with Crippen molar-refractivity contribution in [2.75, 3.05) is 0 Å². The number of ether oxygens (including phenoxy) is 3. The lowest BCUT2D eigenvalue weighted by Crippen LogP contribution is -2.50. The van der Waals surface area contributed by atoms with Gasteiger partial charge in [-0.2, -0.15) is 0 Å². The lowest BCUT2D eigenvalue weighted by atomic mass is 9.91. The lowest BCUT2D eigenvalue weighted by Gasteiger charge is -2.43. The summed E-state index contributed by atoms with van der Waals surface area (Å²) in [6.45, 7) is 14.6. The first-order chi connectivity index (χ1) is 16.2. The van der Waals surface area contributed by atoms with Crippen molar-refractivity contribution < 1.29 is 18.6 Å². The van der Waals surface area contributed by atoms with Crippen molar-refractivity contribution in [2.45, 2.75) is 150 Å². The molecule has 0 aromatic heterocycles. The molecule has 34 heavy (non-hydrogen) atoms. The van der Waals surface area contributed by atoms with Gasteiger partial charge in [-0.3, -0.25) is 0 Å². The van der Waals surface area contributed by atoms with Gasteiger partial charge in [-0.25, -0.2) is 4.39 Å². The summed E-state index contributed by atoms with van der Waals surface area (Å²) >= 11 is 0. The highest BCUT2D eigenvalue weighted by atomic mass is 19.1. The molecule has 0 fully saturated rings. The van der Waals surface area contributed by atoms with Gasteiger partial charge in [0.15, 0.2) is 0 Å². The van der Waals surface area contributed by atoms with Crippen molar-refractivity contribution in [1.82, 2.24) is 0 Å². The quantitative estimate of drug-likeness (QED) is 0.137. The minimum Gasteiger partial charge on any atom is -0.324 e. The fourth-order valence-electron chi connectivity index (χ4n) is 4.57. The highest BCUT2D eigenvalue weighted by molar-refractivity contribution is 5.15. The van der Waals surface area contributed by atoms with Crippen LogP contribution < -0.4 is 0 Å². The number of unbranched alkanes of at least 4 members (excludes halogenated alkanes) is 7. The Labute approximate surface area is 210 Å². The molecule has 1 atom stereocenters. The number of hydrogen-bond donors (Lipinski definition) is 0. The topological polar surface area (TPSA) is 27.7 Å². The predicted octanol–water partition coefficient (Wildman–Crippen LogP) is 9.22. The molecule has 0 heterocycles. The first kappa shape index (κ1) is 31.1. The summed E-state index contributed by atoms with van der Waals surface area (Å²) in [7, 11) is 0. The second-order valence-corrected chi connectivity index (χ2v) is 10.6. The highest BCUT2D eigenvalue weighted by Crippen LogP contribution is 2.37. The van der Waals surface area contributed by atoms with E-state index in [0.29, 0.717) is 0 Å². The van der Waals surface area contributed by atoms with Gasteiger partial charge in [0.2, 0.25) is 0 Å². The molecule has 1 rings (SSSR count). The number of rotatable bonds is 20. The van der Waals surface area contributed by atoms with Gasteiger partial charge in [0.25, 0.3) is 5.97 Å². The van der Waals surface area contributed by atoms with Crippen LogP contribution in [0.5, 0.6) is 0 Å². The minimum atomic E-state index is -1.00. The Hall–Kier alpha value is -0.970. The van der Waals surface area contributed by atoms with Crippen LogP contribution in [0.15, 0.2) is 24.3 Å². The van der Waals surface area contributed by atoms with Crippen LogP contribution in [0.25, 0.3) is 0 Å². The Morgan fingerprint density at radius 3 is 1.56 bits per heavy atom. The van der Waals surface area contributed by atoms with Crippen molar-refractivity contribution in [3.8, 4) is 0 Å². The van der Waals surface area contributed by atoms with Crippen LogP contribution in [0.4, 0.5) is 4.39 Å². The molecule has 1 aromatic rings. The molecule has 0 bridgehead atoms. The second-order valence-electron chi connectivity index (χ2n) is 10.6. The smallest absolute Gasteiger partial charge is 0.286 e. The van der Waals surface area contributed by atoms with Crippen molar-refractivity contribution in [3.63, 3.8) is 0 Å². The van der Waals surface area contributed by atoms with E-state index in [0.717, 1.165) is 38.5 Å². The van der Waals surface area contributed by atoms with Crippen LogP contribution in [0, 0.1) is 11.7 Å². The van der Waals surface area contributed by atoms with Crippen LogP contribution in [0.2, 0.25) is 0 Å². The summed E-state index contributed by atoms with van der Waals surface area (Å²) in [5, 5.41) is 0. The molecule has 0 aliphatic heterocycles. The van der Waals surface area contributed by atoms with Crippen LogP contribution in [0.1, 0.15) is 125 Å². The number of benzene rings is 1. The molecule has 0 amide bonds. The number of halogens is 1. The van der Waals surface area contributed by atoms with E-state index in [1.54, 1.807) is 12.1 Å². The summed E-state index contributed by atoms with van der Waals surface area (Å²) in [5.74, 6) is -0.980. The van der Waals surface area contributed by atoms with Gasteiger partial charge in [-0.15, -0.1) is 0 Å². The fraction of sp³-hybridized carbons (Fsp3) is 0.800. The number of hydrogen-bond acceptors (Lipinski definition) is 3. The molecule has 0 saturated heterocycles. The minimum absolute atomic E-state index is 0.0167. The molecule has 1 aromatic carbocycles.